The molecule has 0 aliphatic rings. The molecule has 3 N–H and O–H groups in total. The molecular formula is C17H19N5O2. The maximum Gasteiger partial charge on any atom is 0.276 e. The summed E-state index contributed by atoms with van der Waals surface area (Å²) >= 11 is 0. The SMILES string of the molecule is C\C=C/C(=N\C=C\NC(=O)c1n[nH]c2ccc(C)cc12)NC(C)=O. The summed E-state index contributed by atoms with van der Waals surface area (Å²) in [4.78, 5) is 27.3. The summed E-state index contributed by atoms with van der Waals surface area (Å²) in [5.41, 5.74) is 2.16. The Morgan fingerprint density at radius 3 is 2.83 bits per heavy atom. The van der Waals surface area contributed by atoms with Gasteiger partial charge in [-0.25, -0.2) is 4.99 Å². The van der Waals surface area contributed by atoms with Gasteiger partial charge in [-0.3, -0.25) is 14.7 Å². The number of allylic oxidation sites excluding steroid dienone is 1. The van der Waals surface area contributed by atoms with Gasteiger partial charge in [0.25, 0.3) is 5.91 Å². The number of benzene rings is 1. The van der Waals surface area contributed by atoms with E-state index in [1.807, 2.05) is 32.0 Å². The summed E-state index contributed by atoms with van der Waals surface area (Å²) < 4.78 is 0. The van der Waals surface area contributed by atoms with Gasteiger partial charge in [0.15, 0.2) is 5.69 Å². The number of aliphatic imine (C=N–C) groups is 1. The number of amidine groups is 1. The van der Waals surface area contributed by atoms with Crippen molar-refractivity contribution in [2.24, 2.45) is 4.99 Å². The van der Waals surface area contributed by atoms with Crippen molar-refractivity contribution in [3.63, 3.8) is 0 Å². The number of fused-ring (bicyclic) bond motifs is 1. The first-order valence-electron chi connectivity index (χ1n) is 7.40. The largest absolute Gasteiger partial charge is 0.326 e. The van der Waals surface area contributed by atoms with Gasteiger partial charge in [0.1, 0.15) is 5.84 Å². The molecule has 0 bridgehead atoms. The minimum Gasteiger partial charge on any atom is -0.326 e. The van der Waals surface area contributed by atoms with Crippen molar-refractivity contribution in [1.29, 1.82) is 0 Å². The summed E-state index contributed by atoms with van der Waals surface area (Å²) in [7, 11) is 0. The van der Waals surface area contributed by atoms with Crippen molar-refractivity contribution in [3.05, 3.63) is 54.0 Å². The number of nitrogens with one attached hydrogen (secondary N) is 3. The van der Waals surface area contributed by atoms with Crippen LogP contribution < -0.4 is 10.6 Å². The van der Waals surface area contributed by atoms with E-state index in [4.69, 9.17) is 0 Å². The van der Waals surface area contributed by atoms with E-state index < -0.39 is 0 Å². The van der Waals surface area contributed by atoms with Gasteiger partial charge in [-0.05, 0) is 32.1 Å². The summed E-state index contributed by atoms with van der Waals surface area (Å²) in [5, 5.41) is 12.8. The lowest BCUT2D eigenvalue weighted by atomic mass is 10.1. The number of carbonyl (C=O) groups is 2. The number of nitrogens with zero attached hydrogens (tertiary/aromatic N) is 2. The van der Waals surface area contributed by atoms with Crippen LogP contribution in [0.4, 0.5) is 0 Å². The van der Waals surface area contributed by atoms with Crippen LogP contribution in [0.15, 0.2) is 47.7 Å². The minimum atomic E-state index is -0.342. The fourth-order valence-corrected chi connectivity index (χ4v) is 2.06. The zero-order chi connectivity index (χ0) is 17.5. The van der Waals surface area contributed by atoms with Crippen LogP contribution in [0.3, 0.4) is 0 Å². The van der Waals surface area contributed by atoms with Crippen LogP contribution >= 0.6 is 0 Å². The number of carbonyl (C=O) groups excluding carboxylic acids is 2. The van der Waals surface area contributed by atoms with Gasteiger partial charge in [0.05, 0.1) is 5.52 Å². The summed E-state index contributed by atoms with van der Waals surface area (Å²) in [6, 6.07) is 5.73. The predicted octanol–water partition coefficient (Wildman–Crippen LogP) is 2.18. The zero-order valence-corrected chi connectivity index (χ0v) is 13.8. The molecule has 0 aliphatic carbocycles. The van der Waals surface area contributed by atoms with Crippen LogP contribution in [0.2, 0.25) is 0 Å². The van der Waals surface area contributed by atoms with E-state index in [0.29, 0.717) is 11.5 Å². The Kier molecular flexibility index (Phi) is 5.62. The third-order valence-electron chi connectivity index (χ3n) is 3.06. The Morgan fingerprint density at radius 2 is 2.12 bits per heavy atom. The molecule has 124 valence electrons. The maximum atomic E-state index is 12.2. The molecule has 0 spiro atoms. The third kappa shape index (κ3) is 4.39. The number of rotatable bonds is 4. The highest BCUT2D eigenvalue weighted by Crippen LogP contribution is 2.17. The van der Waals surface area contributed by atoms with Gasteiger partial charge in [0.2, 0.25) is 5.91 Å². The van der Waals surface area contributed by atoms with Crippen molar-refractivity contribution in [2.45, 2.75) is 20.8 Å². The number of H-pyrrole nitrogens is 1. The van der Waals surface area contributed by atoms with E-state index in [1.165, 1.54) is 19.3 Å². The maximum absolute atomic E-state index is 12.2. The fourth-order valence-electron chi connectivity index (χ4n) is 2.06. The quantitative estimate of drug-likeness (QED) is 0.593. The van der Waals surface area contributed by atoms with Crippen molar-refractivity contribution < 1.29 is 9.59 Å². The highest BCUT2D eigenvalue weighted by Gasteiger charge is 2.12. The van der Waals surface area contributed by atoms with Gasteiger partial charge >= 0.3 is 0 Å². The summed E-state index contributed by atoms with van der Waals surface area (Å²) in [6.07, 6.45) is 6.18. The van der Waals surface area contributed by atoms with E-state index in [-0.39, 0.29) is 11.8 Å². The summed E-state index contributed by atoms with van der Waals surface area (Å²) in [5.74, 6) is -0.176. The molecule has 1 aromatic carbocycles. The molecule has 2 aromatic rings. The molecule has 1 aromatic heterocycles. The Hall–Kier alpha value is -3.22. The third-order valence-corrected chi connectivity index (χ3v) is 3.06. The Bertz CT molecular complexity index is 846. The average Bonchev–Trinajstić information content (AvgIpc) is 2.94. The highest BCUT2D eigenvalue weighted by molar-refractivity contribution is 6.05. The average molecular weight is 325 g/mol. The zero-order valence-electron chi connectivity index (χ0n) is 13.8. The molecule has 2 amide bonds. The van der Waals surface area contributed by atoms with Gasteiger partial charge in [-0.15, -0.1) is 0 Å². The second kappa shape index (κ2) is 7.87. The molecule has 7 heteroatoms. The molecule has 0 saturated heterocycles. The van der Waals surface area contributed by atoms with Crippen molar-refractivity contribution >= 4 is 28.6 Å². The monoisotopic (exact) mass is 325 g/mol. The Balaban J connectivity index is 2.08. The van der Waals surface area contributed by atoms with E-state index in [2.05, 4.69) is 25.8 Å². The molecule has 0 radical (unpaired) electrons. The smallest absolute Gasteiger partial charge is 0.276 e. The number of hydrogen-bond donors (Lipinski definition) is 3. The van der Waals surface area contributed by atoms with Crippen LogP contribution in [-0.2, 0) is 4.79 Å². The number of hydrogen-bond acceptors (Lipinski definition) is 4. The normalized spacial score (nSPS) is 12.2. The number of aryl methyl sites for hydroxylation is 1. The van der Waals surface area contributed by atoms with Crippen LogP contribution in [0.25, 0.3) is 10.9 Å². The Morgan fingerprint density at radius 1 is 1.33 bits per heavy atom. The number of aromatic amines is 1. The Labute approximate surface area is 139 Å². The molecule has 1 heterocycles. The predicted molar refractivity (Wildman–Crippen MR) is 93.5 cm³/mol. The first kappa shape index (κ1) is 17.1. The van der Waals surface area contributed by atoms with Gasteiger partial charge < -0.3 is 10.6 Å². The molecule has 0 fully saturated rings. The topological polar surface area (TPSA) is 99.2 Å². The van der Waals surface area contributed by atoms with Crippen molar-refractivity contribution in [3.8, 4) is 0 Å². The lowest BCUT2D eigenvalue weighted by Crippen LogP contribution is -2.26. The number of amides is 2. The van der Waals surface area contributed by atoms with Crippen LogP contribution in [-0.4, -0.2) is 27.8 Å². The van der Waals surface area contributed by atoms with Gasteiger partial charge in [-0.2, -0.15) is 5.10 Å². The lowest BCUT2D eigenvalue weighted by molar-refractivity contribution is -0.117. The molecule has 0 atom stereocenters. The molecule has 0 unspecified atom stereocenters. The fraction of sp³-hybridized carbons (Fsp3) is 0.176. The standard InChI is InChI=1S/C17H19N5O2/c1-4-5-15(20-12(3)23)18-8-9-19-17(24)16-13-10-11(2)6-7-14(13)21-22-16/h4-10H,1-3H3,(H,19,24)(H,21,22)(H,18,20,23)/b5-4-,9-8+. The van der Waals surface area contributed by atoms with Crippen LogP contribution in [0.1, 0.15) is 29.9 Å². The van der Waals surface area contributed by atoms with Crippen LogP contribution in [0.5, 0.6) is 0 Å². The van der Waals surface area contributed by atoms with E-state index in [1.54, 1.807) is 12.2 Å². The second-order valence-corrected chi connectivity index (χ2v) is 5.11. The number of aromatic nitrogens is 2. The van der Waals surface area contributed by atoms with E-state index in [9.17, 15) is 9.59 Å². The van der Waals surface area contributed by atoms with Crippen molar-refractivity contribution in [1.82, 2.24) is 20.8 Å². The van der Waals surface area contributed by atoms with Gasteiger partial charge in [0, 0.05) is 24.7 Å². The van der Waals surface area contributed by atoms with Crippen LogP contribution in [0, 0.1) is 6.92 Å². The molecule has 2 rings (SSSR count). The highest BCUT2D eigenvalue weighted by atomic mass is 16.2. The molecule has 0 aliphatic heterocycles. The first-order chi connectivity index (χ1) is 11.5. The molecular weight excluding hydrogens is 306 g/mol. The van der Waals surface area contributed by atoms with E-state index >= 15 is 0 Å². The summed E-state index contributed by atoms with van der Waals surface area (Å²) in [6.45, 7) is 5.16. The van der Waals surface area contributed by atoms with E-state index in [0.717, 1.165) is 16.5 Å². The minimum absolute atomic E-state index is 0.220. The van der Waals surface area contributed by atoms with Gasteiger partial charge in [-0.1, -0.05) is 17.7 Å². The molecule has 24 heavy (non-hydrogen) atoms. The molecule has 0 saturated carbocycles. The molecule has 7 nitrogen and oxygen atoms in total. The first-order valence-corrected chi connectivity index (χ1v) is 7.40. The van der Waals surface area contributed by atoms with Crippen molar-refractivity contribution in [2.75, 3.05) is 0 Å². The lowest BCUT2D eigenvalue weighted by Gasteiger charge is -2.00. The second-order valence-electron chi connectivity index (χ2n) is 5.11.